The standard InChI is InChI=1S/C24H28N4O3/c1-17-15-28(16-18(2)30-17)22-12-11-20(13-25-22)27-23(29)9-6-10-24-26-14-21(31-24)19-7-4-3-5-8-19/h3-5,7-8,11-14,17-18H,6,9-10,15-16H2,1-2H3,(H,27,29)/t17-,18+. The van der Waals surface area contributed by atoms with E-state index in [-0.39, 0.29) is 18.1 Å². The van der Waals surface area contributed by atoms with Gasteiger partial charge in [0.2, 0.25) is 5.91 Å². The quantitative estimate of drug-likeness (QED) is 0.613. The average molecular weight is 421 g/mol. The number of morpholine rings is 1. The summed E-state index contributed by atoms with van der Waals surface area (Å²) >= 11 is 0. The van der Waals surface area contributed by atoms with Crippen molar-refractivity contribution in [2.45, 2.75) is 45.3 Å². The Bertz CT molecular complexity index is 978. The van der Waals surface area contributed by atoms with E-state index in [9.17, 15) is 4.79 Å². The van der Waals surface area contributed by atoms with E-state index in [4.69, 9.17) is 9.15 Å². The van der Waals surface area contributed by atoms with Crippen LogP contribution in [0.25, 0.3) is 11.3 Å². The summed E-state index contributed by atoms with van der Waals surface area (Å²) in [5, 5.41) is 2.91. The van der Waals surface area contributed by atoms with Crippen molar-refractivity contribution in [1.29, 1.82) is 0 Å². The second-order valence-corrected chi connectivity index (χ2v) is 7.95. The first kappa shape index (κ1) is 21.1. The van der Waals surface area contributed by atoms with Gasteiger partial charge in [-0.3, -0.25) is 4.79 Å². The van der Waals surface area contributed by atoms with E-state index in [0.29, 0.717) is 30.8 Å². The fraction of sp³-hybridized carbons (Fsp3) is 0.375. The van der Waals surface area contributed by atoms with Gasteiger partial charge in [0.1, 0.15) is 5.82 Å². The maximum Gasteiger partial charge on any atom is 0.224 e. The lowest BCUT2D eigenvalue weighted by molar-refractivity contribution is -0.116. The highest BCUT2D eigenvalue weighted by atomic mass is 16.5. The van der Waals surface area contributed by atoms with E-state index < -0.39 is 0 Å². The molecule has 1 amide bonds. The number of rotatable bonds is 7. The molecule has 162 valence electrons. The number of anilines is 2. The second-order valence-electron chi connectivity index (χ2n) is 7.95. The average Bonchev–Trinajstić information content (AvgIpc) is 3.23. The second kappa shape index (κ2) is 9.75. The molecule has 3 aromatic rings. The largest absolute Gasteiger partial charge is 0.441 e. The smallest absolute Gasteiger partial charge is 0.224 e. The Hall–Kier alpha value is -3.19. The highest BCUT2D eigenvalue weighted by Gasteiger charge is 2.23. The van der Waals surface area contributed by atoms with E-state index in [1.54, 1.807) is 12.4 Å². The first-order chi connectivity index (χ1) is 15.1. The zero-order chi connectivity index (χ0) is 21.6. The summed E-state index contributed by atoms with van der Waals surface area (Å²) in [5.41, 5.74) is 1.70. The minimum atomic E-state index is -0.0435. The Morgan fingerprint density at radius 1 is 1.06 bits per heavy atom. The molecule has 1 N–H and O–H groups in total. The van der Waals surface area contributed by atoms with Crippen molar-refractivity contribution in [2.24, 2.45) is 0 Å². The van der Waals surface area contributed by atoms with Gasteiger partial charge in [-0.25, -0.2) is 9.97 Å². The number of hydrogen-bond acceptors (Lipinski definition) is 6. The molecule has 0 unspecified atom stereocenters. The van der Waals surface area contributed by atoms with E-state index in [0.717, 1.165) is 30.2 Å². The first-order valence-corrected chi connectivity index (χ1v) is 10.7. The van der Waals surface area contributed by atoms with Crippen LogP contribution in [0.2, 0.25) is 0 Å². The molecular formula is C24H28N4O3. The van der Waals surface area contributed by atoms with Gasteiger partial charge in [-0.1, -0.05) is 30.3 Å². The van der Waals surface area contributed by atoms with Crippen LogP contribution in [0.3, 0.4) is 0 Å². The van der Waals surface area contributed by atoms with E-state index >= 15 is 0 Å². The van der Waals surface area contributed by atoms with Crippen LogP contribution in [-0.4, -0.2) is 41.2 Å². The van der Waals surface area contributed by atoms with E-state index in [1.165, 1.54) is 0 Å². The number of ether oxygens (including phenoxy) is 1. The fourth-order valence-corrected chi connectivity index (χ4v) is 3.80. The molecule has 2 atom stereocenters. The molecule has 3 heterocycles. The van der Waals surface area contributed by atoms with Crippen molar-refractivity contribution in [1.82, 2.24) is 9.97 Å². The van der Waals surface area contributed by atoms with Gasteiger partial charge in [-0.2, -0.15) is 0 Å². The molecule has 1 fully saturated rings. The Morgan fingerprint density at radius 2 is 1.84 bits per heavy atom. The molecule has 1 aliphatic rings. The minimum Gasteiger partial charge on any atom is -0.441 e. The third-order valence-electron chi connectivity index (χ3n) is 5.18. The maximum atomic E-state index is 12.3. The number of nitrogens with zero attached hydrogens (tertiary/aromatic N) is 3. The summed E-state index contributed by atoms with van der Waals surface area (Å²) in [6.07, 6.45) is 5.46. The van der Waals surface area contributed by atoms with Gasteiger partial charge >= 0.3 is 0 Å². The number of nitrogens with one attached hydrogen (secondary N) is 1. The predicted octanol–water partition coefficient (Wildman–Crippen LogP) is 4.31. The van der Waals surface area contributed by atoms with Gasteiger partial charge in [0.15, 0.2) is 11.7 Å². The minimum absolute atomic E-state index is 0.0435. The lowest BCUT2D eigenvalue weighted by Gasteiger charge is -2.36. The molecule has 0 radical (unpaired) electrons. The summed E-state index contributed by atoms with van der Waals surface area (Å²) in [4.78, 5) is 23.3. The lowest BCUT2D eigenvalue weighted by atomic mass is 10.2. The van der Waals surface area contributed by atoms with Crippen molar-refractivity contribution < 1.29 is 13.9 Å². The number of amides is 1. The van der Waals surface area contributed by atoms with E-state index in [2.05, 4.69) is 34.0 Å². The van der Waals surface area contributed by atoms with Gasteiger partial charge < -0.3 is 19.4 Å². The monoisotopic (exact) mass is 420 g/mol. The predicted molar refractivity (Wildman–Crippen MR) is 120 cm³/mol. The van der Waals surface area contributed by atoms with Crippen LogP contribution in [-0.2, 0) is 16.0 Å². The molecular weight excluding hydrogens is 392 g/mol. The van der Waals surface area contributed by atoms with Gasteiger partial charge in [-0.15, -0.1) is 0 Å². The molecule has 31 heavy (non-hydrogen) atoms. The van der Waals surface area contributed by atoms with Crippen LogP contribution in [0.15, 0.2) is 59.3 Å². The first-order valence-electron chi connectivity index (χ1n) is 10.7. The van der Waals surface area contributed by atoms with Gasteiger partial charge in [0.25, 0.3) is 0 Å². The Labute approximate surface area is 182 Å². The van der Waals surface area contributed by atoms with Gasteiger partial charge in [-0.05, 0) is 32.4 Å². The molecule has 0 bridgehead atoms. The molecule has 1 aromatic carbocycles. The zero-order valence-corrected chi connectivity index (χ0v) is 18.0. The number of benzene rings is 1. The summed E-state index contributed by atoms with van der Waals surface area (Å²) in [5.74, 6) is 2.25. The number of carbonyl (C=O) groups is 1. The summed E-state index contributed by atoms with van der Waals surface area (Å²) in [6, 6.07) is 13.7. The van der Waals surface area contributed by atoms with Crippen LogP contribution in [0.5, 0.6) is 0 Å². The Kier molecular flexibility index (Phi) is 6.62. The van der Waals surface area contributed by atoms with E-state index in [1.807, 2.05) is 42.5 Å². The third-order valence-corrected chi connectivity index (χ3v) is 5.18. The zero-order valence-electron chi connectivity index (χ0n) is 18.0. The topological polar surface area (TPSA) is 80.5 Å². The van der Waals surface area contributed by atoms with Crippen LogP contribution < -0.4 is 10.2 Å². The summed E-state index contributed by atoms with van der Waals surface area (Å²) < 4.78 is 11.6. The molecule has 0 spiro atoms. The SMILES string of the molecule is C[C@@H]1CN(c2ccc(NC(=O)CCCc3ncc(-c4ccccc4)o3)cn2)C[C@H](C)O1. The number of aromatic nitrogens is 2. The summed E-state index contributed by atoms with van der Waals surface area (Å²) in [6.45, 7) is 5.77. The fourth-order valence-electron chi connectivity index (χ4n) is 3.80. The molecule has 7 heteroatoms. The Balaban J connectivity index is 1.23. The van der Waals surface area contributed by atoms with Crippen molar-refractivity contribution >= 4 is 17.4 Å². The van der Waals surface area contributed by atoms with Crippen LogP contribution in [0.1, 0.15) is 32.6 Å². The molecule has 0 aliphatic carbocycles. The van der Waals surface area contributed by atoms with Crippen molar-refractivity contribution in [3.8, 4) is 11.3 Å². The maximum absolute atomic E-state index is 12.3. The van der Waals surface area contributed by atoms with Gasteiger partial charge in [0, 0.05) is 31.5 Å². The number of oxazole rings is 1. The molecule has 7 nitrogen and oxygen atoms in total. The normalized spacial score (nSPS) is 18.7. The number of carbonyl (C=O) groups excluding carboxylic acids is 1. The number of aryl methyl sites for hydroxylation is 1. The van der Waals surface area contributed by atoms with Crippen LogP contribution in [0.4, 0.5) is 11.5 Å². The van der Waals surface area contributed by atoms with Gasteiger partial charge in [0.05, 0.1) is 30.3 Å². The third kappa shape index (κ3) is 5.70. The molecule has 1 aliphatic heterocycles. The number of pyridine rings is 1. The molecule has 1 saturated heterocycles. The highest BCUT2D eigenvalue weighted by Crippen LogP contribution is 2.21. The molecule has 2 aromatic heterocycles. The Morgan fingerprint density at radius 3 is 2.55 bits per heavy atom. The van der Waals surface area contributed by atoms with Crippen molar-refractivity contribution in [3.63, 3.8) is 0 Å². The molecule has 0 saturated carbocycles. The van der Waals surface area contributed by atoms with Crippen LogP contribution in [0, 0.1) is 0 Å². The highest BCUT2D eigenvalue weighted by molar-refractivity contribution is 5.90. The lowest BCUT2D eigenvalue weighted by Crippen LogP contribution is -2.45. The number of hydrogen-bond donors (Lipinski definition) is 1. The van der Waals surface area contributed by atoms with Crippen molar-refractivity contribution in [2.75, 3.05) is 23.3 Å². The molecule has 4 rings (SSSR count). The van der Waals surface area contributed by atoms with Crippen LogP contribution >= 0.6 is 0 Å². The summed E-state index contributed by atoms with van der Waals surface area (Å²) in [7, 11) is 0. The van der Waals surface area contributed by atoms with Crippen molar-refractivity contribution in [3.05, 3.63) is 60.7 Å².